The Morgan fingerprint density at radius 3 is 1.60 bits per heavy atom. The lowest BCUT2D eigenvalue weighted by Gasteiger charge is -2.09. The van der Waals surface area contributed by atoms with Crippen LogP contribution in [0.1, 0.15) is 13.8 Å². The van der Waals surface area contributed by atoms with Gasteiger partial charge in [0.15, 0.2) is 0 Å². The zero-order valence-electron chi connectivity index (χ0n) is 7.43. The van der Waals surface area contributed by atoms with Gasteiger partial charge in [0.25, 0.3) is 0 Å². The molecule has 0 unspecified atom stereocenters. The van der Waals surface area contributed by atoms with Crippen molar-refractivity contribution in [2.75, 3.05) is 20.1 Å². The summed E-state index contributed by atoms with van der Waals surface area (Å²) < 4.78 is 0. The number of rotatable bonds is 4. The van der Waals surface area contributed by atoms with E-state index in [1.165, 1.54) is 0 Å². The summed E-state index contributed by atoms with van der Waals surface area (Å²) in [4.78, 5) is 2.12. The van der Waals surface area contributed by atoms with Gasteiger partial charge in [0, 0.05) is 13.1 Å². The van der Waals surface area contributed by atoms with Gasteiger partial charge in [-0.2, -0.15) is 0 Å². The molecule has 0 radical (unpaired) electrons. The van der Waals surface area contributed by atoms with Crippen molar-refractivity contribution in [3.63, 3.8) is 0 Å². The Morgan fingerprint density at radius 2 is 1.40 bits per heavy atom. The summed E-state index contributed by atoms with van der Waals surface area (Å²) in [6.07, 6.45) is 3.76. The summed E-state index contributed by atoms with van der Waals surface area (Å²) in [5.74, 6) is 0. The molecular weight excluding hydrogens is 122 g/mol. The fourth-order valence-corrected chi connectivity index (χ4v) is 0.515. The first kappa shape index (κ1) is 12.1. The van der Waals surface area contributed by atoms with Crippen molar-refractivity contribution in [3.8, 4) is 0 Å². The van der Waals surface area contributed by atoms with Crippen LogP contribution in [0, 0.1) is 0 Å². The molecule has 0 atom stereocenters. The van der Waals surface area contributed by atoms with Crippen LogP contribution in [0.4, 0.5) is 0 Å². The van der Waals surface area contributed by atoms with Gasteiger partial charge in [0.2, 0.25) is 0 Å². The fraction of sp³-hybridized carbons (Fsp3) is 0.556. The van der Waals surface area contributed by atoms with E-state index in [-0.39, 0.29) is 0 Å². The molecule has 0 bridgehead atoms. The van der Waals surface area contributed by atoms with Crippen LogP contribution >= 0.6 is 0 Å². The van der Waals surface area contributed by atoms with Gasteiger partial charge in [-0.05, 0) is 7.05 Å². The third-order valence-corrected chi connectivity index (χ3v) is 0.882. The van der Waals surface area contributed by atoms with Crippen LogP contribution in [0.15, 0.2) is 25.3 Å². The molecule has 0 aliphatic rings. The van der Waals surface area contributed by atoms with Gasteiger partial charge < -0.3 is 0 Å². The standard InChI is InChI=1S/C7H13N.C2H6/c1-4-6-8(3)7-5-2;1-2/h4-5H,1-2,6-7H2,3H3;1-2H3. The molecule has 0 aliphatic heterocycles. The van der Waals surface area contributed by atoms with E-state index in [2.05, 4.69) is 18.1 Å². The molecule has 60 valence electrons. The number of nitrogens with zero attached hydrogens (tertiary/aromatic N) is 1. The van der Waals surface area contributed by atoms with Crippen LogP contribution < -0.4 is 0 Å². The quantitative estimate of drug-likeness (QED) is 0.543. The van der Waals surface area contributed by atoms with Crippen molar-refractivity contribution in [1.29, 1.82) is 0 Å². The highest BCUT2D eigenvalue weighted by Gasteiger charge is 1.86. The SMILES string of the molecule is C=CCN(C)CC=C.CC. The second-order valence-corrected chi connectivity index (χ2v) is 1.80. The Morgan fingerprint density at radius 1 is 1.10 bits per heavy atom. The van der Waals surface area contributed by atoms with Crippen molar-refractivity contribution in [1.82, 2.24) is 4.90 Å². The normalized spacial score (nSPS) is 8.00. The molecule has 0 aromatic carbocycles. The molecule has 1 nitrogen and oxygen atoms in total. The summed E-state index contributed by atoms with van der Waals surface area (Å²) in [5, 5.41) is 0. The van der Waals surface area contributed by atoms with E-state index >= 15 is 0 Å². The summed E-state index contributed by atoms with van der Waals surface area (Å²) >= 11 is 0. The van der Waals surface area contributed by atoms with Crippen LogP contribution in [0.3, 0.4) is 0 Å². The molecule has 0 saturated heterocycles. The first-order valence-electron chi connectivity index (χ1n) is 3.71. The molecule has 0 aromatic rings. The second-order valence-electron chi connectivity index (χ2n) is 1.80. The molecule has 0 N–H and O–H groups in total. The molecule has 0 fully saturated rings. The molecule has 1 heteroatoms. The van der Waals surface area contributed by atoms with Gasteiger partial charge in [-0.3, -0.25) is 4.90 Å². The second kappa shape index (κ2) is 11.3. The molecule has 0 saturated carbocycles. The molecule has 0 heterocycles. The van der Waals surface area contributed by atoms with Crippen molar-refractivity contribution < 1.29 is 0 Å². The van der Waals surface area contributed by atoms with Gasteiger partial charge in [0.05, 0.1) is 0 Å². The van der Waals surface area contributed by atoms with E-state index in [0.717, 1.165) is 13.1 Å². The van der Waals surface area contributed by atoms with Crippen LogP contribution in [0.5, 0.6) is 0 Å². The van der Waals surface area contributed by atoms with Crippen molar-refractivity contribution in [2.45, 2.75) is 13.8 Å². The monoisotopic (exact) mass is 141 g/mol. The molecule has 0 amide bonds. The Hall–Kier alpha value is -0.560. The van der Waals surface area contributed by atoms with E-state index in [1.54, 1.807) is 0 Å². The van der Waals surface area contributed by atoms with E-state index in [1.807, 2.05) is 33.0 Å². The van der Waals surface area contributed by atoms with E-state index in [0.29, 0.717) is 0 Å². The molecule has 0 aliphatic carbocycles. The highest BCUT2D eigenvalue weighted by atomic mass is 15.1. The van der Waals surface area contributed by atoms with Gasteiger partial charge >= 0.3 is 0 Å². The van der Waals surface area contributed by atoms with Gasteiger partial charge in [-0.1, -0.05) is 26.0 Å². The Kier molecular flexibility index (Phi) is 13.7. The third-order valence-electron chi connectivity index (χ3n) is 0.882. The highest BCUT2D eigenvalue weighted by molar-refractivity contribution is 4.76. The third kappa shape index (κ3) is 10.4. The smallest absolute Gasteiger partial charge is 0.0160 e. The Balaban J connectivity index is 0. The predicted molar refractivity (Wildman–Crippen MR) is 49.2 cm³/mol. The van der Waals surface area contributed by atoms with Crippen molar-refractivity contribution in [3.05, 3.63) is 25.3 Å². The lowest BCUT2D eigenvalue weighted by molar-refractivity contribution is 0.413. The van der Waals surface area contributed by atoms with Crippen LogP contribution in [-0.2, 0) is 0 Å². The van der Waals surface area contributed by atoms with Crippen molar-refractivity contribution >= 4 is 0 Å². The maximum atomic E-state index is 3.61. The van der Waals surface area contributed by atoms with Gasteiger partial charge in [-0.25, -0.2) is 0 Å². The minimum absolute atomic E-state index is 0.937. The summed E-state index contributed by atoms with van der Waals surface area (Å²) in [7, 11) is 2.03. The van der Waals surface area contributed by atoms with Crippen LogP contribution in [0.2, 0.25) is 0 Å². The lowest BCUT2D eigenvalue weighted by Crippen LogP contribution is -2.17. The summed E-state index contributed by atoms with van der Waals surface area (Å²) in [6, 6.07) is 0. The highest BCUT2D eigenvalue weighted by Crippen LogP contribution is 1.80. The number of hydrogen-bond acceptors (Lipinski definition) is 1. The van der Waals surface area contributed by atoms with Crippen molar-refractivity contribution in [2.24, 2.45) is 0 Å². The maximum Gasteiger partial charge on any atom is 0.0160 e. The summed E-state index contributed by atoms with van der Waals surface area (Å²) in [5.41, 5.74) is 0. The number of hydrogen-bond donors (Lipinski definition) is 0. The molecular formula is C9H19N. The topological polar surface area (TPSA) is 3.24 Å². The predicted octanol–water partition coefficient (Wildman–Crippen LogP) is 2.32. The average Bonchev–Trinajstić information content (AvgIpc) is 1.93. The lowest BCUT2D eigenvalue weighted by atomic mass is 10.5. The Labute approximate surface area is 65.0 Å². The number of likely N-dealkylation sites (N-methyl/N-ethyl adjacent to an activating group) is 1. The van der Waals surface area contributed by atoms with E-state index in [9.17, 15) is 0 Å². The first-order chi connectivity index (χ1) is 4.81. The molecule has 0 rings (SSSR count). The summed E-state index contributed by atoms with van der Waals surface area (Å²) in [6.45, 7) is 13.1. The average molecular weight is 141 g/mol. The minimum atomic E-state index is 0.937. The molecule has 0 aromatic heterocycles. The Bertz CT molecular complexity index is 66.8. The zero-order chi connectivity index (χ0) is 8.41. The molecule has 10 heavy (non-hydrogen) atoms. The van der Waals surface area contributed by atoms with E-state index in [4.69, 9.17) is 0 Å². The van der Waals surface area contributed by atoms with Gasteiger partial charge in [-0.15, -0.1) is 13.2 Å². The van der Waals surface area contributed by atoms with E-state index < -0.39 is 0 Å². The fourth-order valence-electron chi connectivity index (χ4n) is 0.515. The van der Waals surface area contributed by atoms with Crippen LogP contribution in [-0.4, -0.2) is 25.0 Å². The first-order valence-corrected chi connectivity index (χ1v) is 3.71. The zero-order valence-corrected chi connectivity index (χ0v) is 7.43. The largest absolute Gasteiger partial charge is 0.299 e. The van der Waals surface area contributed by atoms with Crippen LogP contribution in [0.25, 0.3) is 0 Å². The van der Waals surface area contributed by atoms with Gasteiger partial charge in [0.1, 0.15) is 0 Å². The maximum absolute atomic E-state index is 3.61. The molecule has 0 spiro atoms. The minimum Gasteiger partial charge on any atom is -0.299 e.